The third-order valence-corrected chi connectivity index (χ3v) is 8.37. The van der Waals surface area contributed by atoms with Crippen LogP contribution >= 0.6 is 0 Å². The second-order valence-electron chi connectivity index (χ2n) is 10.2. The fourth-order valence-electron chi connectivity index (χ4n) is 4.39. The number of benzene rings is 2. The van der Waals surface area contributed by atoms with Crippen molar-refractivity contribution in [1.29, 1.82) is 0 Å². The Labute approximate surface area is 241 Å². The van der Waals surface area contributed by atoms with E-state index in [4.69, 9.17) is 11.5 Å². The Morgan fingerprint density at radius 2 is 1.71 bits per heavy atom. The molecule has 0 fully saturated rings. The molecule has 2 rings (SSSR count). The topological polar surface area (TPSA) is 156 Å². The first-order valence-corrected chi connectivity index (χ1v) is 15.6. The normalized spacial score (nSPS) is 13.8. The first kappa shape index (κ1) is 34.3. The maximum Gasteiger partial charge on any atom is 0.246 e. The van der Waals surface area contributed by atoms with E-state index in [2.05, 4.69) is 5.32 Å². The van der Waals surface area contributed by atoms with Gasteiger partial charge < -0.3 is 26.8 Å². The summed E-state index contributed by atoms with van der Waals surface area (Å²) in [4.78, 5) is 27.5. The van der Waals surface area contributed by atoms with Gasteiger partial charge in [-0.15, -0.1) is 0 Å². The number of rotatable bonds is 17. The molecule has 12 heteroatoms. The molecule has 9 nitrogen and oxygen atoms in total. The van der Waals surface area contributed by atoms with Crippen LogP contribution in [0.4, 0.5) is 8.78 Å². The van der Waals surface area contributed by atoms with Crippen LogP contribution in [-0.2, 0) is 38.8 Å². The van der Waals surface area contributed by atoms with E-state index in [1.54, 1.807) is 6.07 Å². The van der Waals surface area contributed by atoms with E-state index >= 15 is 0 Å². The van der Waals surface area contributed by atoms with Crippen LogP contribution in [0, 0.1) is 11.6 Å². The molecule has 2 aromatic rings. The molecule has 0 unspecified atom stereocenters. The van der Waals surface area contributed by atoms with Gasteiger partial charge in [0.15, 0.2) is 9.84 Å². The molecule has 2 amide bonds. The second kappa shape index (κ2) is 16.5. The lowest BCUT2D eigenvalue weighted by Gasteiger charge is -2.31. The van der Waals surface area contributed by atoms with E-state index in [1.165, 1.54) is 4.90 Å². The molecule has 0 heterocycles. The van der Waals surface area contributed by atoms with E-state index in [9.17, 15) is 31.9 Å². The highest BCUT2D eigenvalue weighted by atomic mass is 32.2. The number of aliphatic hydroxyl groups excluding tert-OH is 1. The molecule has 0 aliphatic carbocycles. The molecule has 6 N–H and O–H groups in total. The van der Waals surface area contributed by atoms with Crippen molar-refractivity contribution in [3.8, 4) is 0 Å². The van der Waals surface area contributed by atoms with Crippen LogP contribution in [0.25, 0.3) is 0 Å². The molecule has 0 saturated heterocycles. The first-order valence-electron chi connectivity index (χ1n) is 13.8. The van der Waals surface area contributed by atoms with E-state index in [-0.39, 0.29) is 43.8 Å². The third kappa shape index (κ3) is 11.8. The highest BCUT2D eigenvalue weighted by Crippen LogP contribution is 2.15. The largest absolute Gasteiger partial charge is 0.390 e. The molecular formula is C29H42F2N4O5S. The van der Waals surface area contributed by atoms with Gasteiger partial charge in [0.05, 0.1) is 17.6 Å². The van der Waals surface area contributed by atoms with Crippen LogP contribution in [0.3, 0.4) is 0 Å². The monoisotopic (exact) mass is 596 g/mol. The number of hydrogen-bond donors (Lipinski definition) is 4. The predicted molar refractivity (Wildman–Crippen MR) is 154 cm³/mol. The van der Waals surface area contributed by atoms with Gasteiger partial charge in [-0.25, -0.2) is 17.2 Å². The zero-order valence-corrected chi connectivity index (χ0v) is 24.5. The average molecular weight is 597 g/mol. The number of carbonyl (C=O) groups excluding carboxylic acids is 2. The number of unbranched alkanes of at least 4 members (excludes halogenated alkanes) is 1. The van der Waals surface area contributed by atoms with Gasteiger partial charge in [0, 0.05) is 38.2 Å². The number of nitrogens with one attached hydrogen (secondary N) is 1. The lowest BCUT2D eigenvalue weighted by molar-refractivity contribution is -0.137. The van der Waals surface area contributed by atoms with Crippen molar-refractivity contribution in [3.05, 3.63) is 70.8 Å². The number of carbonyl (C=O) groups is 2. The third-order valence-electron chi connectivity index (χ3n) is 6.61. The molecule has 41 heavy (non-hydrogen) atoms. The van der Waals surface area contributed by atoms with E-state index in [0.29, 0.717) is 12.8 Å². The van der Waals surface area contributed by atoms with Crippen molar-refractivity contribution in [2.24, 2.45) is 11.5 Å². The van der Waals surface area contributed by atoms with Crippen molar-refractivity contribution in [2.45, 2.75) is 70.7 Å². The zero-order valence-electron chi connectivity index (χ0n) is 23.7. The van der Waals surface area contributed by atoms with Gasteiger partial charge in [0.2, 0.25) is 11.8 Å². The van der Waals surface area contributed by atoms with E-state index in [1.807, 2.05) is 32.0 Å². The highest BCUT2D eigenvalue weighted by Gasteiger charge is 2.32. The molecule has 0 aliphatic heterocycles. The Morgan fingerprint density at radius 3 is 2.32 bits per heavy atom. The molecule has 0 saturated carbocycles. The predicted octanol–water partition coefficient (Wildman–Crippen LogP) is 1.84. The molecule has 0 bridgehead atoms. The van der Waals surface area contributed by atoms with Crippen LogP contribution in [0.2, 0.25) is 0 Å². The Balaban J connectivity index is 2.37. The average Bonchev–Trinajstić information content (AvgIpc) is 2.90. The van der Waals surface area contributed by atoms with Gasteiger partial charge in [-0.1, -0.05) is 44.5 Å². The number of nitrogens with two attached hydrogens (primary N) is 2. The quantitative estimate of drug-likeness (QED) is 0.217. The molecule has 3 atom stereocenters. The minimum absolute atomic E-state index is 0.00329. The van der Waals surface area contributed by atoms with Gasteiger partial charge in [-0.05, 0) is 48.1 Å². The summed E-state index contributed by atoms with van der Waals surface area (Å²) in [6.07, 6.45) is 0.266. The van der Waals surface area contributed by atoms with Gasteiger partial charge in [0.1, 0.15) is 17.7 Å². The number of halogens is 2. The van der Waals surface area contributed by atoms with Crippen LogP contribution < -0.4 is 16.8 Å². The molecule has 2 aromatic carbocycles. The summed E-state index contributed by atoms with van der Waals surface area (Å²) in [7, 11) is -3.71. The highest BCUT2D eigenvalue weighted by molar-refractivity contribution is 7.91. The molecule has 0 aromatic heterocycles. The van der Waals surface area contributed by atoms with Crippen LogP contribution in [0.5, 0.6) is 0 Å². The van der Waals surface area contributed by atoms with Crippen molar-refractivity contribution < 1.29 is 31.9 Å². The summed E-state index contributed by atoms with van der Waals surface area (Å²) in [5.41, 5.74) is 13.6. The van der Waals surface area contributed by atoms with Gasteiger partial charge >= 0.3 is 0 Å². The Morgan fingerprint density at radius 1 is 1.05 bits per heavy atom. The fourth-order valence-corrected chi connectivity index (χ4v) is 6.02. The minimum Gasteiger partial charge on any atom is -0.390 e. The standard InChI is InChI=1S/C29H42F2N4O5S/c1-3-5-11-41(39,40)19-26(34-28(37)9-10-32)29(38)35(17-21-8-6-7-20(4-2)12-21)18-27(36)25(33)15-22-13-23(30)16-24(31)14-22/h6-8,12-14,16,25-27,36H,3-5,9-11,15,17-19,32-33H2,1-2H3,(H,34,37)/t25-,26+,27+/m0/s1. The Kier molecular flexibility index (Phi) is 13.8. The maximum absolute atomic E-state index is 13.9. The first-order chi connectivity index (χ1) is 19.4. The Hall–Kier alpha value is -2.93. The molecule has 0 spiro atoms. The molecule has 0 aliphatic rings. The number of sulfone groups is 1. The summed E-state index contributed by atoms with van der Waals surface area (Å²) < 4.78 is 53.0. The van der Waals surface area contributed by atoms with Crippen LogP contribution in [0.15, 0.2) is 42.5 Å². The van der Waals surface area contributed by atoms with Crippen molar-refractivity contribution in [1.82, 2.24) is 10.2 Å². The number of amides is 2. The smallest absolute Gasteiger partial charge is 0.246 e. The number of hydrogen-bond acceptors (Lipinski definition) is 7. The Bertz CT molecular complexity index is 1240. The lowest BCUT2D eigenvalue weighted by atomic mass is 10.0. The summed E-state index contributed by atoms with van der Waals surface area (Å²) in [6.45, 7) is 3.52. The van der Waals surface area contributed by atoms with Crippen molar-refractivity contribution in [2.75, 3.05) is 24.6 Å². The fraction of sp³-hybridized carbons (Fsp3) is 0.517. The van der Waals surface area contributed by atoms with Crippen LogP contribution in [-0.4, -0.2) is 73.0 Å². The molecule has 0 radical (unpaired) electrons. The summed E-state index contributed by atoms with van der Waals surface area (Å²) in [5, 5.41) is 13.5. The number of aryl methyl sites for hydroxylation is 1. The molecular weight excluding hydrogens is 554 g/mol. The second-order valence-corrected chi connectivity index (χ2v) is 12.5. The summed E-state index contributed by atoms with van der Waals surface area (Å²) in [6, 6.07) is 7.96. The number of nitrogens with zero attached hydrogens (tertiary/aromatic N) is 1. The molecule has 228 valence electrons. The SMILES string of the molecule is CCCCS(=O)(=O)C[C@@H](NC(=O)CCN)C(=O)N(Cc1cccc(CC)c1)C[C@@H](O)[C@@H](N)Cc1cc(F)cc(F)c1. The summed E-state index contributed by atoms with van der Waals surface area (Å²) >= 11 is 0. The zero-order chi connectivity index (χ0) is 30.6. The van der Waals surface area contributed by atoms with Crippen molar-refractivity contribution >= 4 is 21.7 Å². The van der Waals surface area contributed by atoms with Gasteiger partial charge in [0.25, 0.3) is 0 Å². The minimum atomic E-state index is -3.71. The number of aliphatic hydroxyl groups is 1. The van der Waals surface area contributed by atoms with E-state index < -0.39 is 57.2 Å². The van der Waals surface area contributed by atoms with Crippen LogP contribution in [0.1, 0.15) is 49.8 Å². The maximum atomic E-state index is 13.9. The van der Waals surface area contributed by atoms with Crippen molar-refractivity contribution in [3.63, 3.8) is 0 Å². The van der Waals surface area contributed by atoms with E-state index in [0.717, 1.165) is 35.7 Å². The lowest BCUT2D eigenvalue weighted by Crippen LogP contribution is -2.55. The summed E-state index contributed by atoms with van der Waals surface area (Å²) in [5.74, 6) is -3.60. The van der Waals surface area contributed by atoms with Gasteiger partial charge in [-0.3, -0.25) is 9.59 Å². The van der Waals surface area contributed by atoms with Gasteiger partial charge in [-0.2, -0.15) is 0 Å².